The number of anilines is 1. The fourth-order valence-corrected chi connectivity index (χ4v) is 1.41. The van der Waals surface area contributed by atoms with Crippen LogP contribution < -0.4 is 5.32 Å². The number of nitrogens with one attached hydrogen (secondary N) is 1. The normalized spacial score (nSPS) is 12.2. The van der Waals surface area contributed by atoms with Crippen molar-refractivity contribution in [3.63, 3.8) is 0 Å². The van der Waals surface area contributed by atoms with Crippen LogP contribution in [0.25, 0.3) is 0 Å². The lowest BCUT2D eigenvalue weighted by molar-refractivity contribution is -0.139. The van der Waals surface area contributed by atoms with E-state index in [9.17, 15) is 26.7 Å². The second kappa shape index (κ2) is 6.89. The average molecular weight is 320 g/mol. The van der Waals surface area contributed by atoms with Crippen LogP contribution in [0.2, 0.25) is 0 Å². The van der Waals surface area contributed by atoms with Gasteiger partial charge in [-0.3, -0.25) is 0 Å². The highest BCUT2D eigenvalue weighted by Crippen LogP contribution is 2.31. The SMILES string of the molecule is CCOC(=O)C(C#N)=C(Nc1cc(F)ccc1F)C(F)(F)F. The first kappa shape index (κ1) is 17.4. The van der Waals surface area contributed by atoms with Crippen molar-refractivity contribution in [3.05, 3.63) is 41.1 Å². The number of alkyl halides is 3. The number of rotatable bonds is 4. The minimum atomic E-state index is -5.18. The van der Waals surface area contributed by atoms with Gasteiger partial charge in [-0.05, 0) is 19.1 Å². The molecular formula is C13H9F5N2O2. The maximum absolute atomic E-state index is 13.4. The summed E-state index contributed by atoms with van der Waals surface area (Å²) in [7, 11) is 0. The summed E-state index contributed by atoms with van der Waals surface area (Å²) in [5, 5.41) is 10.3. The molecule has 0 bridgehead atoms. The van der Waals surface area contributed by atoms with Crippen molar-refractivity contribution in [1.29, 1.82) is 5.26 Å². The molecule has 0 spiro atoms. The molecule has 0 saturated carbocycles. The van der Waals surface area contributed by atoms with Crippen molar-refractivity contribution in [2.24, 2.45) is 0 Å². The third-order valence-corrected chi connectivity index (χ3v) is 2.31. The first-order valence-corrected chi connectivity index (χ1v) is 5.81. The molecule has 0 fully saturated rings. The van der Waals surface area contributed by atoms with Gasteiger partial charge < -0.3 is 10.1 Å². The van der Waals surface area contributed by atoms with Gasteiger partial charge in [-0.2, -0.15) is 18.4 Å². The molecule has 0 radical (unpaired) electrons. The van der Waals surface area contributed by atoms with Gasteiger partial charge in [0, 0.05) is 6.07 Å². The monoisotopic (exact) mass is 320 g/mol. The van der Waals surface area contributed by atoms with Gasteiger partial charge in [-0.1, -0.05) is 0 Å². The summed E-state index contributed by atoms with van der Waals surface area (Å²) < 4.78 is 69.7. The summed E-state index contributed by atoms with van der Waals surface area (Å²) >= 11 is 0. The van der Waals surface area contributed by atoms with Gasteiger partial charge in [0.15, 0.2) is 5.57 Å². The largest absolute Gasteiger partial charge is 0.462 e. The van der Waals surface area contributed by atoms with Crippen LogP contribution in [0.3, 0.4) is 0 Å². The molecule has 4 nitrogen and oxygen atoms in total. The molecule has 0 aliphatic heterocycles. The molecule has 0 aromatic heterocycles. The summed E-state index contributed by atoms with van der Waals surface area (Å²) in [6.45, 7) is 1.07. The van der Waals surface area contributed by atoms with Crippen LogP contribution in [-0.4, -0.2) is 18.8 Å². The zero-order valence-corrected chi connectivity index (χ0v) is 11.1. The standard InChI is InChI=1S/C13H9F5N2O2/c1-2-22-12(21)8(6-19)11(13(16,17)18)20-10-5-7(14)3-4-9(10)15/h3-5,20H,2H2,1H3. The lowest BCUT2D eigenvalue weighted by Gasteiger charge is -2.16. The molecule has 0 atom stereocenters. The maximum Gasteiger partial charge on any atom is 0.432 e. The zero-order chi connectivity index (χ0) is 16.9. The number of carbonyl (C=O) groups is 1. The first-order chi connectivity index (χ1) is 10.2. The van der Waals surface area contributed by atoms with E-state index in [4.69, 9.17) is 5.26 Å². The molecule has 1 aromatic rings. The topological polar surface area (TPSA) is 62.1 Å². The van der Waals surface area contributed by atoms with Crippen molar-refractivity contribution < 1.29 is 31.5 Å². The molecule has 0 heterocycles. The van der Waals surface area contributed by atoms with E-state index >= 15 is 0 Å². The fourth-order valence-electron chi connectivity index (χ4n) is 1.41. The smallest absolute Gasteiger partial charge is 0.432 e. The van der Waals surface area contributed by atoms with Crippen molar-refractivity contribution in [3.8, 4) is 6.07 Å². The number of benzene rings is 1. The fraction of sp³-hybridized carbons (Fsp3) is 0.231. The number of halogens is 5. The minimum absolute atomic E-state index is 0.260. The number of allylic oxidation sites excluding steroid dienone is 1. The number of esters is 1. The molecule has 1 aromatic carbocycles. The molecule has 0 unspecified atom stereocenters. The Balaban J connectivity index is 3.39. The third-order valence-electron chi connectivity index (χ3n) is 2.31. The molecule has 1 N–H and O–H groups in total. The van der Waals surface area contributed by atoms with Gasteiger partial charge in [0.2, 0.25) is 0 Å². The van der Waals surface area contributed by atoms with Crippen LogP contribution in [0, 0.1) is 23.0 Å². The Morgan fingerprint density at radius 1 is 1.36 bits per heavy atom. The van der Waals surface area contributed by atoms with Gasteiger partial charge in [0.25, 0.3) is 0 Å². The van der Waals surface area contributed by atoms with Crippen molar-refractivity contribution in [2.75, 3.05) is 11.9 Å². The first-order valence-electron chi connectivity index (χ1n) is 5.81. The highest BCUT2D eigenvalue weighted by Gasteiger charge is 2.40. The Kier molecular flexibility index (Phi) is 5.45. The Labute approximate surface area is 121 Å². The number of nitriles is 1. The second-order valence-corrected chi connectivity index (χ2v) is 3.83. The number of ether oxygens (including phenoxy) is 1. The van der Waals surface area contributed by atoms with Crippen LogP contribution in [0.1, 0.15) is 6.92 Å². The molecule has 118 valence electrons. The average Bonchev–Trinajstić information content (AvgIpc) is 2.41. The highest BCUT2D eigenvalue weighted by atomic mass is 19.4. The van der Waals surface area contributed by atoms with Crippen LogP contribution in [0.4, 0.5) is 27.6 Å². The quantitative estimate of drug-likeness (QED) is 0.400. The summed E-state index contributed by atoms with van der Waals surface area (Å²) in [6, 6.07) is 2.82. The Morgan fingerprint density at radius 3 is 2.50 bits per heavy atom. The van der Waals surface area contributed by atoms with Crippen LogP contribution in [0.15, 0.2) is 29.5 Å². The molecule has 22 heavy (non-hydrogen) atoms. The number of hydrogen-bond acceptors (Lipinski definition) is 4. The second-order valence-electron chi connectivity index (χ2n) is 3.83. The van der Waals surface area contributed by atoms with Crippen molar-refractivity contribution >= 4 is 11.7 Å². The summed E-state index contributed by atoms with van der Waals surface area (Å²) in [5.41, 5.74) is -4.10. The number of carbonyl (C=O) groups excluding carboxylic acids is 1. The van der Waals surface area contributed by atoms with E-state index in [1.165, 1.54) is 12.2 Å². The van der Waals surface area contributed by atoms with Gasteiger partial charge in [-0.15, -0.1) is 0 Å². The van der Waals surface area contributed by atoms with Gasteiger partial charge in [0.1, 0.15) is 23.4 Å². The molecule has 9 heteroatoms. The summed E-state index contributed by atoms with van der Waals surface area (Å²) in [5.74, 6) is -3.72. The van der Waals surface area contributed by atoms with Gasteiger partial charge in [-0.25, -0.2) is 13.6 Å². The minimum Gasteiger partial charge on any atom is -0.462 e. The van der Waals surface area contributed by atoms with Gasteiger partial charge in [0.05, 0.1) is 12.3 Å². The lowest BCUT2D eigenvalue weighted by Crippen LogP contribution is -2.25. The van der Waals surface area contributed by atoms with Crippen LogP contribution >= 0.6 is 0 Å². The maximum atomic E-state index is 13.4. The van der Waals surface area contributed by atoms with Gasteiger partial charge >= 0.3 is 12.1 Å². The van der Waals surface area contributed by atoms with E-state index in [-0.39, 0.29) is 6.61 Å². The Bertz CT molecular complexity index is 647. The van der Waals surface area contributed by atoms with E-state index in [1.54, 1.807) is 0 Å². The van der Waals surface area contributed by atoms with E-state index in [2.05, 4.69) is 4.74 Å². The van der Waals surface area contributed by atoms with E-state index < -0.39 is 40.7 Å². The summed E-state index contributed by atoms with van der Waals surface area (Å²) in [6.07, 6.45) is -5.18. The molecule has 0 aliphatic carbocycles. The Morgan fingerprint density at radius 2 is 2.00 bits per heavy atom. The molecular weight excluding hydrogens is 311 g/mol. The highest BCUT2D eigenvalue weighted by molar-refractivity contribution is 5.94. The van der Waals surface area contributed by atoms with Crippen LogP contribution in [-0.2, 0) is 9.53 Å². The third kappa shape index (κ3) is 4.18. The Hall–Kier alpha value is -2.63. The molecule has 0 amide bonds. The predicted molar refractivity (Wildman–Crippen MR) is 65.3 cm³/mol. The number of nitrogens with zero attached hydrogens (tertiary/aromatic N) is 1. The van der Waals surface area contributed by atoms with E-state index in [1.807, 2.05) is 0 Å². The molecule has 0 aliphatic rings. The lowest BCUT2D eigenvalue weighted by atomic mass is 10.2. The van der Waals surface area contributed by atoms with E-state index in [0.29, 0.717) is 18.2 Å². The van der Waals surface area contributed by atoms with Crippen molar-refractivity contribution in [1.82, 2.24) is 0 Å². The number of hydrogen-bond donors (Lipinski definition) is 1. The van der Waals surface area contributed by atoms with Crippen molar-refractivity contribution in [2.45, 2.75) is 13.1 Å². The molecule has 0 saturated heterocycles. The molecule has 1 rings (SSSR count). The predicted octanol–water partition coefficient (Wildman–Crippen LogP) is 3.28. The van der Waals surface area contributed by atoms with Crippen LogP contribution in [0.5, 0.6) is 0 Å². The summed E-state index contributed by atoms with van der Waals surface area (Å²) in [4.78, 5) is 11.4. The van der Waals surface area contributed by atoms with E-state index in [0.717, 1.165) is 6.07 Å². The zero-order valence-electron chi connectivity index (χ0n) is 11.1.